The average molecular weight is 445 g/mol. The highest BCUT2D eigenvalue weighted by Crippen LogP contribution is 2.26. The number of carbonyl (C=O) groups is 2. The molecule has 1 aliphatic carbocycles. The first-order valence-electron chi connectivity index (χ1n) is 12.1. The molecule has 0 bridgehead atoms. The Kier molecular flexibility index (Phi) is 6.44. The highest BCUT2D eigenvalue weighted by molar-refractivity contribution is 6.10. The summed E-state index contributed by atoms with van der Waals surface area (Å²) in [5.41, 5.74) is 2.19. The first kappa shape index (κ1) is 21.7. The maximum atomic E-state index is 13.5. The number of anilines is 1. The van der Waals surface area contributed by atoms with E-state index >= 15 is 0 Å². The summed E-state index contributed by atoms with van der Waals surface area (Å²) in [6, 6.07) is 17.9. The zero-order chi connectivity index (χ0) is 22.6. The van der Waals surface area contributed by atoms with Gasteiger partial charge >= 0.3 is 0 Å². The summed E-state index contributed by atoms with van der Waals surface area (Å²) < 4.78 is 0. The second kappa shape index (κ2) is 9.79. The standard InChI is InChI=1S/C27H32N4O2/c32-26(29-22-13-16-30(17-14-22)23-6-4-5-7-23)19-31(24-8-2-1-3-9-24)27(33)21-11-10-20-12-15-28-25(20)18-21/h1-3,8-12,15,18,22-23,28H,4-7,13-14,16-17,19H2,(H,29,32). The highest BCUT2D eigenvalue weighted by Gasteiger charge is 2.28. The van der Waals surface area contributed by atoms with Gasteiger partial charge in [-0.1, -0.05) is 37.1 Å². The first-order chi connectivity index (χ1) is 16.2. The van der Waals surface area contributed by atoms with Gasteiger partial charge in [-0.2, -0.15) is 0 Å². The summed E-state index contributed by atoms with van der Waals surface area (Å²) in [5.74, 6) is -0.281. The summed E-state index contributed by atoms with van der Waals surface area (Å²) in [7, 11) is 0. The number of hydrogen-bond acceptors (Lipinski definition) is 3. The van der Waals surface area contributed by atoms with Crippen LogP contribution < -0.4 is 10.2 Å². The molecule has 1 aromatic heterocycles. The van der Waals surface area contributed by atoms with Crippen molar-refractivity contribution in [1.82, 2.24) is 15.2 Å². The molecule has 1 aliphatic heterocycles. The number of H-pyrrole nitrogens is 1. The zero-order valence-electron chi connectivity index (χ0n) is 19.0. The number of likely N-dealkylation sites (tertiary alicyclic amines) is 1. The molecular weight excluding hydrogens is 412 g/mol. The fourth-order valence-electron chi connectivity index (χ4n) is 5.32. The van der Waals surface area contributed by atoms with Crippen LogP contribution >= 0.6 is 0 Å². The van der Waals surface area contributed by atoms with E-state index in [1.54, 1.807) is 4.90 Å². The van der Waals surface area contributed by atoms with Gasteiger partial charge in [0.2, 0.25) is 5.91 Å². The van der Waals surface area contributed by atoms with Crippen LogP contribution in [0.3, 0.4) is 0 Å². The van der Waals surface area contributed by atoms with E-state index in [1.807, 2.05) is 60.8 Å². The second-order valence-corrected chi connectivity index (χ2v) is 9.32. The molecule has 3 aromatic rings. The predicted octanol–water partition coefficient (Wildman–Crippen LogP) is 4.34. The third kappa shape index (κ3) is 4.96. The minimum Gasteiger partial charge on any atom is -0.361 e. The van der Waals surface area contributed by atoms with E-state index in [-0.39, 0.29) is 24.4 Å². The fraction of sp³-hybridized carbons (Fsp3) is 0.407. The van der Waals surface area contributed by atoms with Crippen LogP contribution in [0.1, 0.15) is 48.9 Å². The van der Waals surface area contributed by atoms with Crippen LogP contribution in [0, 0.1) is 0 Å². The quantitative estimate of drug-likeness (QED) is 0.594. The van der Waals surface area contributed by atoms with Crippen molar-refractivity contribution in [2.45, 2.75) is 50.6 Å². The lowest BCUT2D eigenvalue weighted by Gasteiger charge is -2.36. The molecule has 2 heterocycles. The maximum absolute atomic E-state index is 13.5. The van der Waals surface area contributed by atoms with Crippen molar-refractivity contribution in [2.24, 2.45) is 0 Å². The van der Waals surface area contributed by atoms with Crippen LogP contribution in [0.4, 0.5) is 5.69 Å². The van der Waals surface area contributed by atoms with Crippen molar-refractivity contribution in [3.63, 3.8) is 0 Å². The lowest BCUT2D eigenvalue weighted by molar-refractivity contribution is -0.120. The molecule has 6 heteroatoms. The highest BCUT2D eigenvalue weighted by atomic mass is 16.2. The molecule has 0 radical (unpaired) electrons. The van der Waals surface area contributed by atoms with E-state index in [2.05, 4.69) is 15.2 Å². The van der Waals surface area contributed by atoms with Crippen LogP contribution in [0.5, 0.6) is 0 Å². The monoisotopic (exact) mass is 444 g/mol. The number of benzene rings is 2. The number of nitrogens with one attached hydrogen (secondary N) is 2. The molecule has 2 aromatic carbocycles. The fourth-order valence-corrected chi connectivity index (χ4v) is 5.32. The van der Waals surface area contributed by atoms with Crippen LogP contribution in [-0.2, 0) is 4.79 Å². The Labute approximate surface area is 195 Å². The third-order valence-corrected chi connectivity index (χ3v) is 7.15. The number of aromatic amines is 1. The van der Waals surface area contributed by atoms with Crippen LogP contribution in [0.15, 0.2) is 60.8 Å². The molecule has 1 saturated heterocycles. The SMILES string of the molecule is O=C(CN(C(=O)c1ccc2cc[nH]c2c1)c1ccccc1)NC1CCN(C2CCCC2)CC1. The van der Waals surface area contributed by atoms with Crippen LogP contribution in [0.2, 0.25) is 0 Å². The van der Waals surface area contributed by atoms with Gasteiger partial charge in [-0.3, -0.25) is 14.5 Å². The van der Waals surface area contributed by atoms with Gasteiger partial charge in [0.05, 0.1) is 0 Å². The zero-order valence-corrected chi connectivity index (χ0v) is 19.0. The molecule has 6 nitrogen and oxygen atoms in total. The van der Waals surface area contributed by atoms with Gasteiger partial charge in [-0.25, -0.2) is 0 Å². The number of para-hydroxylation sites is 1. The largest absolute Gasteiger partial charge is 0.361 e. The van der Waals surface area contributed by atoms with Crippen molar-refractivity contribution in [2.75, 3.05) is 24.5 Å². The molecule has 0 atom stereocenters. The van der Waals surface area contributed by atoms with Gasteiger partial charge in [-0.05, 0) is 61.4 Å². The summed E-state index contributed by atoms with van der Waals surface area (Å²) >= 11 is 0. The molecule has 172 valence electrons. The first-order valence-corrected chi connectivity index (χ1v) is 12.1. The molecule has 5 rings (SSSR count). The van der Waals surface area contributed by atoms with E-state index in [1.165, 1.54) is 25.7 Å². The number of aromatic nitrogens is 1. The van der Waals surface area contributed by atoms with Gasteiger partial charge < -0.3 is 15.2 Å². The molecule has 2 aliphatic rings. The molecule has 33 heavy (non-hydrogen) atoms. The van der Waals surface area contributed by atoms with Crippen molar-refractivity contribution >= 4 is 28.4 Å². The Bertz CT molecular complexity index is 1100. The topological polar surface area (TPSA) is 68.4 Å². The minimum atomic E-state index is -0.177. The Morgan fingerprint density at radius 2 is 1.73 bits per heavy atom. The second-order valence-electron chi connectivity index (χ2n) is 9.32. The summed E-state index contributed by atoms with van der Waals surface area (Å²) in [6.45, 7) is 2.11. The lowest BCUT2D eigenvalue weighted by Crippen LogP contribution is -2.50. The van der Waals surface area contributed by atoms with Gasteiger partial charge in [0.25, 0.3) is 5.91 Å². The van der Waals surface area contributed by atoms with Crippen molar-refractivity contribution in [1.29, 1.82) is 0 Å². The molecule has 0 unspecified atom stereocenters. The molecule has 2 fully saturated rings. The molecular formula is C27H32N4O2. The van der Waals surface area contributed by atoms with Gasteiger partial charge in [-0.15, -0.1) is 0 Å². The van der Waals surface area contributed by atoms with Gasteiger partial charge in [0.15, 0.2) is 0 Å². The number of nitrogens with zero attached hydrogens (tertiary/aromatic N) is 2. The smallest absolute Gasteiger partial charge is 0.258 e. The van der Waals surface area contributed by atoms with E-state index < -0.39 is 0 Å². The van der Waals surface area contributed by atoms with Crippen molar-refractivity contribution < 1.29 is 9.59 Å². The third-order valence-electron chi connectivity index (χ3n) is 7.15. The van der Waals surface area contributed by atoms with Crippen molar-refractivity contribution in [3.05, 3.63) is 66.4 Å². The number of fused-ring (bicyclic) bond motifs is 1. The Hall–Kier alpha value is -3.12. The normalized spacial score (nSPS) is 17.9. The lowest BCUT2D eigenvalue weighted by atomic mass is 10.0. The molecule has 1 saturated carbocycles. The van der Waals surface area contributed by atoms with Crippen LogP contribution in [0.25, 0.3) is 10.9 Å². The summed E-state index contributed by atoms with van der Waals surface area (Å²) in [4.78, 5) is 33.8. The number of piperidine rings is 1. The Morgan fingerprint density at radius 3 is 2.48 bits per heavy atom. The summed E-state index contributed by atoms with van der Waals surface area (Å²) in [6.07, 6.45) is 9.15. The summed E-state index contributed by atoms with van der Waals surface area (Å²) in [5, 5.41) is 4.25. The Balaban J connectivity index is 1.25. The minimum absolute atomic E-state index is 0.00838. The Morgan fingerprint density at radius 1 is 0.970 bits per heavy atom. The average Bonchev–Trinajstić information content (AvgIpc) is 3.55. The number of amides is 2. The van der Waals surface area contributed by atoms with Crippen LogP contribution in [-0.4, -0.2) is 53.4 Å². The molecule has 0 spiro atoms. The number of rotatable bonds is 6. The maximum Gasteiger partial charge on any atom is 0.258 e. The molecule has 2 amide bonds. The number of hydrogen-bond donors (Lipinski definition) is 2. The number of carbonyl (C=O) groups excluding carboxylic acids is 2. The van der Waals surface area contributed by atoms with E-state index in [4.69, 9.17) is 0 Å². The van der Waals surface area contributed by atoms with Gasteiger partial charge in [0, 0.05) is 48.1 Å². The predicted molar refractivity (Wildman–Crippen MR) is 131 cm³/mol. The van der Waals surface area contributed by atoms with Crippen molar-refractivity contribution in [3.8, 4) is 0 Å². The van der Waals surface area contributed by atoms with E-state index in [9.17, 15) is 9.59 Å². The van der Waals surface area contributed by atoms with E-state index in [0.717, 1.165) is 48.6 Å². The van der Waals surface area contributed by atoms with Gasteiger partial charge in [0.1, 0.15) is 6.54 Å². The van der Waals surface area contributed by atoms with E-state index in [0.29, 0.717) is 5.56 Å². The molecule has 2 N–H and O–H groups in total.